The fourth-order valence-corrected chi connectivity index (χ4v) is 5.42. The number of sulfone groups is 1. The van der Waals surface area contributed by atoms with Crippen LogP contribution in [0.4, 0.5) is 13.2 Å². The van der Waals surface area contributed by atoms with E-state index < -0.39 is 27.3 Å². The van der Waals surface area contributed by atoms with Crippen molar-refractivity contribution in [3.63, 3.8) is 0 Å². The van der Waals surface area contributed by atoms with Crippen LogP contribution in [-0.4, -0.2) is 54.0 Å². The average Bonchev–Trinajstić information content (AvgIpc) is 2.59. The molecular formula is C17H24F3N3O3S. The van der Waals surface area contributed by atoms with E-state index in [-0.39, 0.29) is 17.4 Å². The smallest absolute Gasteiger partial charge is 0.303 e. The molecule has 0 unspecified atom stereocenters. The fourth-order valence-electron chi connectivity index (χ4n) is 3.83. The Morgan fingerprint density at radius 1 is 1.04 bits per heavy atom. The van der Waals surface area contributed by atoms with E-state index in [0.717, 1.165) is 51.6 Å². The lowest BCUT2D eigenvalue weighted by atomic mass is 9.94. The molecule has 0 amide bonds. The van der Waals surface area contributed by atoms with Crippen LogP contribution in [0.3, 0.4) is 0 Å². The number of rotatable bonds is 4. The normalized spacial score (nSPS) is 22.8. The number of piperidine rings is 1. The molecule has 152 valence electrons. The Bertz CT molecular complexity index is 801. The number of halogens is 3. The molecule has 0 bridgehead atoms. The molecule has 0 saturated carbocycles. The van der Waals surface area contributed by atoms with E-state index in [1.165, 1.54) is 4.57 Å². The van der Waals surface area contributed by atoms with Gasteiger partial charge in [-0.1, -0.05) is 0 Å². The third kappa shape index (κ3) is 5.54. The zero-order valence-electron chi connectivity index (χ0n) is 15.0. The second kappa shape index (κ2) is 7.90. The summed E-state index contributed by atoms with van der Waals surface area (Å²) in [5, 5.41) is 0. The van der Waals surface area contributed by atoms with Gasteiger partial charge in [0, 0.05) is 19.2 Å². The predicted octanol–water partition coefficient (Wildman–Crippen LogP) is 1.80. The van der Waals surface area contributed by atoms with Crippen LogP contribution in [-0.2, 0) is 22.6 Å². The third-order valence-corrected chi connectivity index (χ3v) is 7.24. The third-order valence-electron chi connectivity index (χ3n) is 5.52. The molecule has 0 atom stereocenters. The highest BCUT2D eigenvalue weighted by Crippen LogP contribution is 2.26. The summed E-state index contributed by atoms with van der Waals surface area (Å²) in [7, 11) is -2.84. The van der Waals surface area contributed by atoms with E-state index in [4.69, 9.17) is 0 Å². The van der Waals surface area contributed by atoms with Crippen molar-refractivity contribution in [3.05, 3.63) is 28.4 Å². The van der Waals surface area contributed by atoms with E-state index in [9.17, 15) is 26.4 Å². The molecule has 3 heterocycles. The van der Waals surface area contributed by atoms with Gasteiger partial charge < -0.3 is 4.90 Å². The van der Waals surface area contributed by atoms with E-state index in [0.29, 0.717) is 18.5 Å². The van der Waals surface area contributed by atoms with Gasteiger partial charge in [0.15, 0.2) is 5.69 Å². The van der Waals surface area contributed by atoms with Crippen LogP contribution in [0.1, 0.15) is 31.4 Å². The first kappa shape index (κ1) is 20.3. The maximum absolute atomic E-state index is 12.6. The maximum atomic E-state index is 12.6. The lowest BCUT2D eigenvalue weighted by Gasteiger charge is -2.35. The molecule has 1 aromatic heterocycles. The molecule has 0 spiro atoms. The standard InChI is InChI=1S/C17H24F3N3O3S/c18-17(19,20)15-9-16(24)23(12-21-15)11-13-1-5-22(6-2-13)10-14-3-7-27(25,26)8-4-14/h9,12-14H,1-8,10-11H2. The molecule has 27 heavy (non-hydrogen) atoms. The van der Waals surface area contributed by atoms with Crippen LogP contribution in [0.5, 0.6) is 0 Å². The van der Waals surface area contributed by atoms with E-state index in [1.807, 2.05) is 0 Å². The first-order chi connectivity index (χ1) is 12.6. The summed E-state index contributed by atoms with van der Waals surface area (Å²) < 4.78 is 62.0. The highest BCUT2D eigenvalue weighted by atomic mass is 32.2. The summed E-state index contributed by atoms with van der Waals surface area (Å²) in [6.07, 6.45) is -0.469. The molecular weight excluding hydrogens is 383 g/mol. The summed E-state index contributed by atoms with van der Waals surface area (Å²) in [5.74, 6) is 1.19. The van der Waals surface area contributed by atoms with Crippen LogP contribution >= 0.6 is 0 Å². The molecule has 3 rings (SSSR count). The average molecular weight is 407 g/mol. The zero-order chi connectivity index (χ0) is 19.7. The van der Waals surface area contributed by atoms with E-state index in [2.05, 4.69) is 9.88 Å². The number of nitrogens with zero attached hydrogens (tertiary/aromatic N) is 3. The first-order valence-corrected chi connectivity index (χ1v) is 11.0. The molecule has 0 radical (unpaired) electrons. The Kier molecular flexibility index (Phi) is 5.95. The number of alkyl halides is 3. The van der Waals surface area contributed by atoms with Crippen molar-refractivity contribution in [3.8, 4) is 0 Å². The number of likely N-dealkylation sites (tertiary alicyclic amines) is 1. The zero-order valence-corrected chi connectivity index (χ0v) is 15.8. The van der Waals surface area contributed by atoms with Gasteiger partial charge in [0.1, 0.15) is 9.84 Å². The van der Waals surface area contributed by atoms with Crippen LogP contribution in [0.2, 0.25) is 0 Å². The molecule has 0 aliphatic carbocycles. The molecule has 1 aromatic rings. The molecule has 2 aliphatic rings. The Morgan fingerprint density at radius 3 is 2.19 bits per heavy atom. The van der Waals surface area contributed by atoms with Crippen molar-refractivity contribution in [1.29, 1.82) is 0 Å². The van der Waals surface area contributed by atoms with Gasteiger partial charge in [-0.2, -0.15) is 13.2 Å². The fraction of sp³-hybridized carbons (Fsp3) is 0.765. The molecule has 2 aliphatic heterocycles. The number of hydrogen-bond donors (Lipinski definition) is 0. The minimum atomic E-state index is -4.61. The lowest BCUT2D eigenvalue weighted by molar-refractivity contribution is -0.141. The summed E-state index contributed by atoms with van der Waals surface area (Å²) in [6.45, 7) is 2.98. The van der Waals surface area contributed by atoms with Crippen LogP contribution in [0.25, 0.3) is 0 Å². The van der Waals surface area contributed by atoms with E-state index >= 15 is 0 Å². The summed E-state index contributed by atoms with van der Waals surface area (Å²) >= 11 is 0. The monoisotopic (exact) mass is 407 g/mol. The molecule has 2 fully saturated rings. The van der Waals surface area contributed by atoms with Gasteiger partial charge in [-0.05, 0) is 50.6 Å². The second-order valence-electron chi connectivity index (χ2n) is 7.60. The lowest BCUT2D eigenvalue weighted by Crippen LogP contribution is -2.40. The molecule has 6 nitrogen and oxygen atoms in total. The number of aromatic nitrogens is 2. The van der Waals surface area contributed by atoms with E-state index in [1.54, 1.807) is 0 Å². The Balaban J connectivity index is 1.48. The SMILES string of the molecule is O=c1cc(C(F)(F)F)ncn1CC1CCN(CC2CCS(=O)(=O)CC2)CC1. The summed E-state index contributed by atoms with van der Waals surface area (Å²) in [4.78, 5) is 17.6. The number of hydrogen-bond acceptors (Lipinski definition) is 5. The summed E-state index contributed by atoms with van der Waals surface area (Å²) in [5.41, 5.74) is -1.84. The predicted molar refractivity (Wildman–Crippen MR) is 94.0 cm³/mol. The van der Waals surface area contributed by atoms with Crippen molar-refractivity contribution < 1.29 is 21.6 Å². The first-order valence-electron chi connectivity index (χ1n) is 9.19. The quantitative estimate of drug-likeness (QED) is 0.761. The van der Waals surface area contributed by atoms with Crippen molar-refractivity contribution >= 4 is 9.84 Å². The van der Waals surface area contributed by atoms with Gasteiger partial charge in [0.05, 0.1) is 17.8 Å². The topological polar surface area (TPSA) is 72.3 Å². The molecule has 0 aromatic carbocycles. The van der Waals surface area contributed by atoms with Gasteiger partial charge in [0.2, 0.25) is 0 Å². The highest BCUT2D eigenvalue weighted by Gasteiger charge is 2.33. The Labute approximate surface area is 156 Å². The van der Waals surface area contributed by atoms with Crippen molar-refractivity contribution in [2.24, 2.45) is 11.8 Å². The van der Waals surface area contributed by atoms with Crippen molar-refractivity contribution in [2.45, 2.75) is 38.4 Å². The van der Waals surface area contributed by atoms with Gasteiger partial charge in [-0.25, -0.2) is 13.4 Å². The minimum Gasteiger partial charge on any atom is -0.303 e. The van der Waals surface area contributed by atoms with Gasteiger partial charge in [-0.3, -0.25) is 9.36 Å². The van der Waals surface area contributed by atoms with Crippen LogP contribution < -0.4 is 5.56 Å². The second-order valence-corrected chi connectivity index (χ2v) is 9.91. The van der Waals surface area contributed by atoms with Gasteiger partial charge in [0.25, 0.3) is 5.56 Å². The Morgan fingerprint density at radius 2 is 1.63 bits per heavy atom. The highest BCUT2D eigenvalue weighted by molar-refractivity contribution is 7.91. The molecule has 10 heteroatoms. The van der Waals surface area contributed by atoms with Gasteiger partial charge in [-0.15, -0.1) is 0 Å². The molecule has 0 N–H and O–H groups in total. The van der Waals surface area contributed by atoms with Crippen LogP contribution in [0.15, 0.2) is 17.2 Å². The summed E-state index contributed by atoms with van der Waals surface area (Å²) in [6, 6.07) is 0.548. The Hall–Kier alpha value is -1.42. The van der Waals surface area contributed by atoms with Gasteiger partial charge >= 0.3 is 6.18 Å². The maximum Gasteiger partial charge on any atom is 0.433 e. The molecule has 2 saturated heterocycles. The van der Waals surface area contributed by atoms with Crippen molar-refractivity contribution in [1.82, 2.24) is 14.5 Å². The minimum absolute atomic E-state index is 0.226. The van der Waals surface area contributed by atoms with Crippen molar-refractivity contribution in [2.75, 3.05) is 31.1 Å². The largest absolute Gasteiger partial charge is 0.433 e. The van der Waals surface area contributed by atoms with Crippen LogP contribution in [0, 0.1) is 11.8 Å².